The Bertz CT molecular complexity index is 461. The second-order valence-electron chi connectivity index (χ2n) is 4.69. The third kappa shape index (κ3) is 1.77. The predicted molar refractivity (Wildman–Crippen MR) is 65.5 cm³/mol. The Morgan fingerprint density at radius 2 is 1.69 bits per heavy atom. The van der Waals surface area contributed by atoms with Gasteiger partial charge in [0.1, 0.15) is 6.33 Å². The molecule has 2 rings (SSSR count). The first kappa shape index (κ1) is 11.0. The molecule has 0 aliphatic heterocycles. The van der Waals surface area contributed by atoms with Crippen LogP contribution in [-0.2, 0) is 0 Å². The van der Waals surface area contributed by atoms with E-state index in [1.165, 1.54) is 10.9 Å². The normalized spacial score (nSPS) is 11.6. The zero-order chi connectivity index (χ0) is 11.7. The summed E-state index contributed by atoms with van der Waals surface area (Å²) in [5, 5.41) is 1.18. The van der Waals surface area contributed by atoms with Gasteiger partial charge in [0.25, 0.3) is 0 Å². The van der Waals surface area contributed by atoms with Gasteiger partial charge in [-0.15, -0.1) is 0 Å². The smallest absolute Gasteiger partial charge is 0.116 e. The summed E-state index contributed by atoms with van der Waals surface area (Å²) in [4.78, 5) is 12.9. The van der Waals surface area contributed by atoms with E-state index in [1.807, 2.05) is 12.4 Å². The fourth-order valence-corrected chi connectivity index (χ4v) is 1.94. The summed E-state index contributed by atoms with van der Waals surface area (Å²) in [6.07, 6.45) is 5.38. The Morgan fingerprint density at radius 1 is 0.938 bits per heavy atom. The van der Waals surface area contributed by atoms with Crippen LogP contribution >= 0.6 is 0 Å². The van der Waals surface area contributed by atoms with Crippen LogP contribution in [0.5, 0.6) is 0 Å². The summed E-state index contributed by atoms with van der Waals surface area (Å²) in [5.74, 6) is 0.852. The van der Waals surface area contributed by atoms with Crippen molar-refractivity contribution in [2.75, 3.05) is 0 Å². The van der Waals surface area contributed by atoms with Crippen LogP contribution in [0, 0.1) is 0 Å². The van der Waals surface area contributed by atoms with E-state index in [9.17, 15) is 0 Å². The van der Waals surface area contributed by atoms with Gasteiger partial charge in [0.15, 0.2) is 0 Å². The second kappa shape index (κ2) is 4.16. The van der Waals surface area contributed by atoms with Gasteiger partial charge in [0.2, 0.25) is 0 Å². The minimum atomic E-state index is 0.408. The number of rotatable bonds is 2. The van der Waals surface area contributed by atoms with E-state index >= 15 is 0 Å². The number of hydrogen-bond acceptors (Lipinski definition) is 3. The minimum Gasteiger partial charge on any atom is -0.262 e. The largest absolute Gasteiger partial charge is 0.262 e. The minimum absolute atomic E-state index is 0.408. The molecule has 0 atom stereocenters. The maximum atomic E-state index is 4.41. The summed E-state index contributed by atoms with van der Waals surface area (Å²) in [7, 11) is 0. The Labute approximate surface area is 96.0 Å². The molecule has 0 amide bonds. The third-order valence-electron chi connectivity index (χ3n) is 2.77. The van der Waals surface area contributed by atoms with Crippen LogP contribution in [0.15, 0.2) is 18.7 Å². The van der Waals surface area contributed by atoms with Crippen LogP contribution < -0.4 is 0 Å². The lowest BCUT2D eigenvalue weighted by Crippen LogP contribution is -2.01. The van der Waals surface area contributed by atoms with Crippen molar-refractivity contribution in [3.8, 4) is 0 Å². The lowest BCUT2D eigenvalue weighted by Gasteiger charge is -2.13. The molecule has 0 fully saturated rings. The van der Waals surface area contributed by atoms with Crippen molar-refractivity contribution < 1.29 is 0 Å². The Hall–Kier alpha value is -1.51. The number of aromatic nitrogens is 3. The van der Waals surface area contributed by atoms with Crippen molar-refractivity contribution in [2.24, 2.45) is 0 Å². The van der Waals surface area contributed by atoms with Gasteiger partial charge in [-0.1, -0.05) is 27.7 Å². The standard InChI is InChI=1S/C13H17N3/c1-8(2)10-5-14-6-11-12(10)13(9(3)4)16-7-15-11/h5-9H,1-4H3. The van der Waals surface area contributed by atoms with Gasteiger partial charge in [-0.2, -0.15) is 0 Å². The van der Waals surface area contributed by atoms with E-state index in [0.717, 1.165) is 11.2 Å². The molecule has 0 unspecified atom stereocenters. The van der Waals surface area contributed by atoms with Gasteiger partial charge in [0.05, 0.1) is 17.4 Å². The number of nitrogens with zero attached hydrogens (tertiary/aromatic N) is 3. The van der Waals surface area contributed by atoms with Crippen LogP contribution in [0.3, 0.4) is 0 Å². The molecule has 2 heterocycles. The van der Waals surface area contributed by atoms with Crippen molar-refractivity contribution in [1.29, 1.82) is 0 Å². The Kier molecular flexibility index (Phi) is 2.86. The first-order valence-electron chi connectivity index (χ1n) is 5.69. The molecule has 0 N–H and O–H groups in total. The van der Waals surface area contributed by atoms with Gasteiger partial charge in [-0.25, -0.2) is 9.97 Å². The molecule has 2 aromatic rings. The van der Waals surface area contributed by atoms with E-state index in [1.54, 1.807) is 6.33 Å². The summed E-state index contributed by atoms with van der Waals surface area (Å²) < 4.78 is 0. The van der Waals surface area contributed by atoms with Crippen LogP contribution in [0.1, 0.15) is 50.8 Å². The van der Waals surface area contributed by atoms with Crippen molar-refractivity contribution in [3.05, 3.63) is 30.0 Å². The topological polar surface area (TPSA) is 38.7 Å². The van der Waals surface area contributed by atoms with Crippen molar-refractivity contribution in [1.82, 2.24) is 15.0 Å². The fourth-order valence-electron chi connectivity index (χ4n) is 1.94. The van der Waals surface area contributed by atoms with Crippen LogP contribution in [0.25, 0.3) is 10.9 Å². The van der Waals surface area contributed by atoms with E-state index in [2.05, 4.69) is 42.6 Å². The molecule has 0 saturated heterocycles. The monoisotopic (exact) mass is 215 g/mol. The molecule has 84 valence electrons. The molecule has 3 nitrogen and oxygen atoms in total. The molecular formula is C13H17N3. The van der Waals surface area contributed by atoms with E-state index in [4.69, 9.17) is 0 Å². The molecule has 0 aliphatic carbocycles. The zero-order valence-corrected chi connectivity index (χ0v) is 10.2. The number of fused-ring (bicyclic) bond motifs is 1. The second-order valence-corrected chi connectivity index (χ2v) is 4.69. The van der Waals surface area contributed by atoms with Crippen molar-refractivity contribution >= 4 is 10.9 Å². The molecule has 0 aliphatic rings. The van der Waals surface area contributed by atoms with Crippen LogP contribution in [0.4, 0.5) is 0 Å². The van der Waals surface area contributed by atoms with Crippen molar-refractivity contribution in [2.45, 2.75) is 39.5 Å². The first-order valence-corrected chi connectivity index (χ1v) is 5.69. The molecule has 0 spiro atoms. The molecule has 16 heavy (non-hydrogen) atoms. The molecule has 2 aromatic heterocycles. The maximum absolute atomic E-state index is 4.41. The van der Waals surface area contributed by atoms with Gasteiger partial charge in [-0.3, -0.25) is 4.98 Å². The molecule has 0 saturated carbocycles. The van der Waals surface area contributed by atoms with E-state index in [0.29, 0.717) is 11.8 Å². The Balaban J connectivity index is 2.82. The fraction of sp³-hybridized carbons (Fsp3) is 0.462. The maximum Gasteiger partial charge on any atom is 0.116 e. The lowest BCUT2D eigenvalue weighted by atomic mass is 9.96. The molecule has 0 radical (unpaired) electrons. The molecule has 0 bridgehead atoms. The van der Waals surface area contributed by atoms with Crippen LogP contribution in [-0.4, -0.2) is 15.0 Å². The first-order chi connectivity index (χ1) is 7.61. The number of pyridine rings is 1. The molecular weight excluding hydrogens is 198 g/mol. The van der Waals surface area contributed by atoms with Gasteiger partial charge >= 0.3 is 0 Å². The highest BCUT2D eigenvalue weighted by Gasteiger charge is 2.13. The van der Waals surface area contributed by atoms with Gasteiger partial charge in [-0.05, 0) is 17.4 Å². The highest BCUT2D eigenvalue weighted by Crippen LogP contribution is 2.28. The predicted octanol–water partition coefficient (Wildman–Crippen LogP) is 3.27. The van der Waals surface area contributed by atoms with Gasteiger partial charge in [0, 0.05) is 11.6 Å². The quantitative estimate of drug-likeness (QED) is 0.771. The van der Waals surface area contributed by atoms with E-state index < -0.39 is 0 Å². The van der Waals surface area contributed by atoms with E-state index in [-0.39, 0.29) is 0 Å². The summed E-state index contributed by atoms with van der Waals surface area (Å²) in [6, 6.07) is 0. The van der Waals surface area contributed by atoms with Gasteiger partial charge < -0.3 is 0 Å². The number of hydrogen-bond donors (Lipinski definition) is 0. The summed E-state index contributed by atoms with van der Waals surface area (Å²) in [5.41, 5.74) is 3.31. The third-order valence-corrected chi connectivity index (χ3v) is 2.77. The summed E-state index contributed by atoms with van der Waals surface area (Å²) in [6.45, 7) is 8.67. The van der Waals surface area contributed by atoms with Crippen LogP contribution in [0.2, 0.25) is 0 Å². The molecule has 3 heteroatoms. The Morgan fingerprint density at radius 3 is 2.31 bits per heavy atom. The van der Waals surface area contributed by atoms with Crippen molar-refractivity contribution in [3.63, 3.8) is 0 Å². The molecule has 0 aromatic carbocycles. The average molecular weight is 215 g/mol. The summed E-state index contributed by atoms with van der Waals surface area (Å²) >= 11 is 0. The zero-order valence-electron chi connectivity index (χ0n) is 10.2. The lowest BCUT2D eigenvalue weighted by molar-refractivity contribution is 0.815. The average Bonchev–Trinajstić information content (AvgIpc) is 2.27. The SMILES string of the molecule is CC(C)c1cncc2ncnc(C(C)C)c12. The highest BCUT2D eigenvalue weighted by atomic mass is 14.8. The highest BCUT2D eigenvalue weighted by molar-refractivity contribution is 5.84.